The molecule has 0 saturated heterocycles. The second kappa shape index (κ2) is 5.74. The fourth-order valence-corrected chi connectivity index (χ4v) is 1.83. The Bertz CT molecular complexity index is 444. The van der Waals surface area contributed by atoms with Crippen molar-refractivity contribution in [3.05, 3.63) is 23.8 Å². The topological polar surface area (TPSA) is 56.5 Å². The van der Waals surface area contributed by atoms with E-state index in [1.165, 1.54) is 0 Å². The van der Waals surface area contributed by atoms with Crippen LogP contribution in [0.5, 0.6) is 5.75 Å². The van der Waals surface area contributed by atoms with Crippen molar-refractivity contribution in [2.24, 2.45) is 0 Å². The molecule has 1 aromatic rings. The van der Waals surface area contributed by atoms with Gasteiger partial charge in [0.1, 0.15) is 11.8 Å². The summed E-state index contributed by atoms with van der Waals surface area (Å²) in [5, 5.41) is 19.1. The predicted molar refractivity (Wildman–Crippen MR) is 71.9 cm³/mol. The van der Waals surface area contributed by atoms with Gasteiger partial charge in [0.15, 0.2) is 0 Å². The van der Waals surface area contributed by atoms with Crippen LogP contribution in [0, 0.1) is 11.3 Å². The molecule has 1 N–H and O–H groups in total. The molecule has 1 aromatic carbocycles. The fourth-order valence-electron chi connectivity index (χ4n) is 1.83. The summed E-state index contributed by atoms with van der Waals surface area (Å²) in [5.41, 5.74) is 0.564. The van der Waals surface area contributed by atoms with E-state index in [-0.39, 0.29) is 0 Å². The second-order valence-electron chi connectivity index (χ2n) is 4.82. The van der Waals surface area contributed by atoms with Crippen molar-refractivity contribution >= 4 is 5.69 Å². The number of aliphatic hydroxyl groups is 1. The number of likely N-dealkylation sites (N-methyl/N-ethyl adjacent to an activating group) is 1. The highest BCUT2D eigenvalue weighted by Gasteiger charge is 2.20. The Hall–Kier alpha value is -1.73. The Labute approximate surface area is 108 Å². The van der Waals surface area contributed by atoms with E-state index in [0.29, 0.717) is 24.4 Å². The largest absolute Gasteiger partial charge is 0.497 e. The van der Waals surface area contributed by atoms with Crippen molar-refractivity contribution in [3.63, 3.8) is 0 Å². The van der Waals surface area contributed by atoms with Crippen LogP contribution in [0.4, 0.5) is 5.69 Å². The summed E-state index contributed by atoms with van der Waals surface area (Å²) in [6, 6.07) is 7.50. The van der Waals surface area contributed by atoms with Gasteiger partial charge in [-0.3, -0.25) is 0 Å². The van der Waals surface area contributed by atoms with Gasteiger partial charge in [0.05, 0.1) is 24.0 Å². The third-order valence-electron chi connectivity index (χ3n) is 2.63. The van der Waals surface area contributed by atoms with E-state index in [9.17, 15) is 5.11 Å². The summed E-state index contributed by atoms with van der Waals surface area (Å²) in [4.78, 5) is 1.97. The molecule has 0 aromatic heterocycles. The number of ether oxygens (including phenoxy) is 1. The summed E-state index contributed by atoms with van der Waals surface area (Å²) in [6.07, 6.45) is 0. The molecule has 0 aliphatic heterocycles. The van der Waals surface area contributed by atoms with Crippen molar-refractivity contribution in [3.8, 4) is 11.8 Å². The molecule has 18 heavy (non-hydrogen) atoms. The molecule has 0 spiro atoms. The van der Waals surface area contributed by atoms with Crippen LogP contribution in [-0.2, 0) is 0 Å². The molecule has 0 saturated carbocycles. The third-order valence-corrected chi connectivity index (χ3v) is 2.63. The van der Waals surface area contributed by atoms with E-state index in [1.807, 2.05) is 17.9 Å². The Morgan fingerprint density at radius 1 is 1.44 bits per heavy atom. The van der Waals surface area contributed by atoms with E-state index in [2.05, 4.69) is 6.07 Å². The van der Waals surface area contributed by atoms with Gasteiger partial charge in [0.25, 0.3) is 0 Å². The van der Waals surface area contributed by atoms with Gasteiger partial charge in [0.2, 0.25) is 0 Å². The molecule has 0 atom stereocenters. The number of anilines is 1. The molecule has 0 radical (unpaired) electrons. The van der Waals surface area contributed by atoms with Crippen molar-refractivity contribution < 1.29 is 9.84 Å². The van der Waals surface area contributed by atoms with Crippen molar-refractivity contribution in [1.29, 1.82) is 5.26 Å². The Morgan fingerprint density at radius 2 is 2.11 bits per heavy atom. The molecular formula is C14H20N2O2. The van der Waals surface area contributed by atoms with Gasteiger partial charge >= 0.3 is 0 Å². The summed E-state index contributed by atoms with van der Waals surface area (Å²) >= 11 is 0. The van der Waals surface area contributed by atoms with Gasteiger partial charge < -0.3 is 14.7 Å². The first kappa shape index (κ1) is 14.3. The third kappa shape index (κ3) is 3.64. The minimum absolute atomic E-state index is 0.464. The number of nitrogens with zero attached hydrogens (tertiary/aromatic N) is 2. The number of hydrogen-bond donors (Lipinski definition) is 1. The van der Waals surface area contributed by atoms with Crippen molar-refractivity contribution in [2.45, 2.75) is 26.4 Å². The van der Waals surface area contributed by atoms with Gasteiger partial charge in [-0.05, 0) is 32.9 Å². The summed E-state index contributed by atoms with van der Waals surface area (Å²) < 4.78 is 5.18. The average Bonchev–Trinajstić information content (AvgIpc) is 2.34. The van der Waals surface area contributed by atoms with Crippen LogP contribution in [0.25, 0.3) is 0 Å². The normalized spacial score (nSPS) is 10.9. The van der Waals surface area contributed by atoms with Crippen molar-refractivity contribution in [2.75, 3.05) is 25.1 Å². The standard InChI is InChI=1S/C14H20N2O2/c1-5-16(10-14(2,3)17)13-8-12(18-4)7-6-11(13)9-15/h6-8,17H,5,10H2,1-4H3. The zero-order chi connectivity index (χ0) is 13.8. The minimum Gasteiger partial charge on any atom is -0.497 e. The van der Waals surface area contributed by atoms with Crippen LogP contribution < -0.4 is 9.64 Å². The van der Waals surface area contributed by atoms with Crippen LogP contribution in [0.15, 0.2) is 18.2 Å². The minimum atomic E-state index is -0.814. The molecule has 0 bridgehead atoms. The van der Waals surface area contributed by atoms with Gasteiger partial charge in [0, 0.05) is 19.2 Å². The molecule has 4 heteroatoms. The molecule has 98 valence electrons. The SMILES string of the molecule is CCN(CC(C)(C)O)c1cc(OC)ccc1C#N. The van der Waals surface area contributed by atoms with Crippen LogP contribution in [0.2, 0.25) is 0 Å². The van der Waals surface area contributed by atoms with E-state index in [0.717, 1.165) is 5.69 Å². The first-order valence-corrected chi connectivity index (χ1v) is 5.96. The highest BCUT2D eigenvalue weighted by Crippen LogP contribution is 2.26. The molecule has 0 heterocycles. The van der Waals surface area contributed by atoms with Gasteiger partial charge in [-0.1, -0.05) is 0 Å². The Kier molecular flexibility index (Phi) is 4.57. The molecule has 0 aliphatic rings. The maximum atomic E-state index is 9.91. The highest BCUT2D eigenvalue weighted by atomic mass is 16.5. The van der Waals surface area contributed by atoms with Gasteiger partial charge in [-0.2, -0.15) is 5.26 Å². The summed E-state index contributed by atoms with van der Waals surface area (Å²) in [6.45, 7) is 6.67. The Morgan fingerprint density at radius 3 is 2.56 bits per heavy atom. The summed E-state index contributed by atoms with van der Waals surface area (Å²) in [5.74, 6) is 0.707. The number of benzene rings is 1. The van der Waals surface area contributed by atoms with Crippen molar-refractivity contribution in [1.82, 2.24) is 0 Å². The van der Waals surface area contributed by atoms with Crippen LogP contribution >= 0.6 is 0 Å². The number of nitriles is 1. The molecule has 0 fully saturated rings. The lowest BCUT2D eigenvalue weighted by atomic mass is 10.1. The number of methoxy groups -OCH3 is 1. The quantitative estimate of drug-likeness (QED) is 0.867. The highest BCUT2D eigenvalue weighted by molar-refractivity contribution is 5.62. The van der Waals surface area contributed by atoms with E-state index in [4.69, 9.17) is 10.00 Å². The lowest BCUT2D eigenvalue weighted by Gasteiger charge is -2.30. The van der Waals surface area contributed by atoms with Gasteiger partial charge in [-0.25, -0.2) is 0 Å². The first-order valence-electron chi connectivity index (χ1n) is 5.96. The molecule has 0 aliphatic carbocycles. The van der Waals surface area contributed by atoms with E-state index >= 15 is 0 Å². The smallest absolute Gasteiger partial charge is 0.121 e. The first-order chi connectivity index (χ1) is 8.41. The second-order valence-corrected chi connectivity index (χ2v) is 4.82. The molecule has 4 nitrogen and oxygen atoms in total. The lowest BCUT2D eigenvalue weighted by Crippen LogP contribution is -2.39. The average molecular weight is 248 g/mol. The maximum Gasteiger partial charge on any atom is 0.121 e. The Balaban J connectivity index is 3.15. The molecular weight excluding hydrogens is 228 g/mol. The molecule has 0 unspecified atom stereocenters. The fraction of sp³-hybridized carbons (Fsp3) is 0.500. The maximum absolute atomic E-state index is 9.91. The van der Waals surface area contributed by atoms with Gasteiger partial charge in [-0.15, -0.1) is 0 Å². The zero-order valence-electron chi connectivity index (χ0n) is 11.4. The van der Waals surface area contributed by atoms with Crippen LogP contribution in [-0.4, -0.2) is 30.9 Å². The van der Waals surface area contributed by atoms with Crippen LogP contribution in [0.1, 0.15) is 26.3 Å². The molecule has 1 rings (SSSR count). The zero-order valence-corrected chi connectivity index (χ0v) is 11.4. The van der Waals surface area contributed by atoms with E-state index in [1.54, 1.807) is 33.1 Å². The molecule has 0 amide bonds. The van der Waals surface area contributed by atoms with E-state index < -0.39 is 5.60 Å². The number of rotatable bonds is 5. The van der Waals surface area contributed by atoms with Crippen LogP contribution in [0.3, 0.4) is 0 Å². The summed E-state index contributed by atoms with van der Waals surface area (Å²) in [7, 11) is 1.59. The lowest BCUT2D eigenvalue weighted by molar-refractivity contribution is 0.0875. The monoisotopic (exact) mass is 248 g/mol. The number of hydrogen-bond acceptors (Lipinski definition) is 4. The predicted octanol–water partition coefficient (Wildman–Crippen LogP) is 2.16.